The van der Waals surface area contributed by atoms with Crippen LogP contribution in [0.2, 0.25) is 0 Å². The molecule has 0 heterocycles. The van der Waals surface area contributed by atoms with Gasteiger partial charge in [-0.15, -0.1) is 0 Å². The summed E-state index contributed by atoms with van der Waals surface area (Å²) in [6.45, 7) is 0. The van der Waals surface area contributed by atoms with E-state index in [9.17, 15) is 9.59 Å². The van der Waals surface area contributed by atoms with Gasteiger partial charge in [0.1, 0.15) is 5.54 Å². The number of amides is 1. The SMILES string of the molecule is COC1CC(C(=O)O)(N(C)C=O)C1. The second kappa shape index (κ2) is 3.33. The van der Waals surface area contributed by atoms with Crippen LogP contribution >= 0.6 is 0 Å². The normalized spacial score (nSPS) is 32.0. The molecule has 0 aromatic heterocycles. The Hall–Kier alpha value is -1.10. The summed E-state index contributed by atoms with van der Waals surface area (Å²) >= 11 is 0. The first kappa shape index (κ1) is 9.98. The molecule has 13 heavy (non-hydrogen) atoms. The highest BCUT2D eigenvalue weighted by Crippen LogP contribution is 2.38. The van der Waals surface area contributed by atoms with E-state index in [1.54, 1.807) is 0 Å². The first-order valence-electron chi connectivity index (χ1n) is 4.01. The van der Waals surface area contributed by atoms with E-state index in [-0.39, 0.29) is 6.10 Å². The standard InChI is InChI=1S/C8H13NO4/c1-9(5-10)8(7(11)12)3-6(4-8)13-2/h5-6H,3-4H2,1-2H3,(H,11,12). The molecule has 1 saturated carbocycles. The zero-order chi connectivity index (χ0) is 10.1. The van der Waals surface area contributed by atoms with E-state index in [1.807, 2.05) is 0 Å². The maximum Gasteiger partial charge on any atom is 0.329 e. The minimum atomic E-state index is -1.04. The largest absolute Gasteiger partial charge is 0.479 e. The highest BCUT2D eigenvalue weighted by atomic mass is 16.5. The number of carbonyl (C=O) groups is 2. The third-order valence-corrected chi connectivity index (χ3v) is 2.70. The maximum absolute atomic E-state index is 10.9. The van der Waals surface area contributed by atoms with Gasteiger partial charge in [-0.05, 0) is 0 Å². The van der Waals surface area contributed by atoms with Crippen LogP contribution in [0.5, 0.6) is 0 Å². The van der Waals surface area contributed by atoms with Crippen LogP contribution < -0.4 is 0 Å². The molecule has 0 bridgehead atoms. The molecule has 0 aliphatic heterocycles. The van der Waals surface area contributed by atoms with E-state index in [0.717, 1.165) is 0 Å². The lowest BCUT2D eigenvalue weighted by Gasteiger charge is -2.47. The quantitative estimate of drug-likeness (QED) is 0.614. The Balaban J connectivity index is 2.70. The summed E-state index contributed by atoms with van der Waals surface area (Å²) in [5.74, 6) is -0.963. The van der Waals surface area contributed by atoms with Crippen LogP contribution in [-0.4, -0.2) is 48.2 Å². The van der Waals surface area contributed by atoms with Crippen LogP contribution in [0.3, 0.4) is 0 Å². The van der Waals surface area contributed by atoms with E-state index >= 15 is 0 Å². The van der Waals surface area contributed by atoms with Crippen LogP contribution in [-0.2, 0) is 14.3 Å². The number of carboxylic acid groups (broad SMARTS) is 1. The Bertz CT molecular complexity index is 222. The number of likely N-dealkylation sites (N-methyl/N-ethyl adjacent to an activating group) is 1. The summed E-state index contributed by atoms with van der Waals surface area (Å²) in [7, 11) is 3.02. The van der Waals surface area contributed by atoms with E-state index in [2.05, 4.69) is 0 Å². The molecule has 0 saturated heterocycles. The summed E-state index contributed by atoms with van der Waals surface area (Å²) in [6, 6.07) is 0. The molecule has 0 aromatic carbocycles. The molecule has 0 atom stereocenters. The number of hydrogen-bond acceptors (Lipinski definition) is 3. The van der Waals surface area contributed by atoms with E-state index in [0.29, 0.717) is 19.3 Å². The van der Waals surface area contributed by atoms with Gasteiger partial charge in [-0.1, -0.05) is 0 Å². The van der Waals surface area contributed by atoms with Crippen LogP contribution in [0.1, 0.15) is 12.8 Å². The highest BCUT2D eigenvalue weighted by Gasteiger charge is 2.53. The number of carbonyl (C=O) groups excluding carboxylic acids is 1. The molecule has 0 radical (unpaired) electrons. The second-order valence-electron chi connectivity index (χ2n) is 3.32. The molecule has 5 nitrogen and oxygen atoms in total. The Kier molecular flexibility index (Phi) is 2.56. The van der Waals surface area contributed by atoms with Gasteiger partial charge in [-0.2, -0.15) is 0 Å². The molecule has 0 aromatic rings. The van der Waals surface area contributed by atoms with Crippen molar-refractivity contribution in [2.45, 2.75) is 24.5 Å². The van der Waals surface area contributed by atoms with Crippen molar-refractivity contribution in [3.05, 3.63) is 0 Å². The lowest BCUT2D eigenvalue weighted by molar-refractivity contribution is -0.170. The molecule has 0 spiro atoms. The number of nitrogens with zero attached hydrogens (tertiary/aromatic N) is 1. The Labute approximate surface area is 76.3 Å². The highest BCUT2D eigenvalue weighted by molar-refractivity contribution is 5.83. The summed E-state index contributed by atoms with van der Waals surface area (Å²) < 4.78 is 4.98. The first-order valence-corrected chi connectivity index (χ1v) is 4.01. The number of rotatable bonds is 4. The van der Waals surface area contributed by atoms with Crippen molar-refractivity contribution in [1.29, 1.82) is 0 Å². The fourth-order valence-corrected chi connectivity index (χ4v) is 1.57. The number of methoxy groups -OCH3 is 1. The fraction of sp³-hybridized carbons (Fsp3) is 0.750. The molecule has 1 aliphatic carbocycles. The van der Waals surface area contributed by atoms with Gasteiger partial charge in [0.05, 0.1) is 6.10 Å². The minimum Gasteiger partial charge on any atom is -0.479 e. The molecule has 1 amide bonds. The van der Waals surface area contributed by atoms with Crippen LogP contribution in [0.15, 0.2) is 0 Å². The molecule has 1 rings (SSSR count). The Morgan fingerprint density at radius 2 is 2.23 bits per heavy atom. The van der Waals surface area contributed by atoms with E-state index in [4.69, 9.17) is 9.84 Å². The van der Waals surface area contributed by atoms with Gasteiger partial charge in [0.25, 0.3) is 0 Å². The van der Waals surface area contributed by atoms with Crippen LogP contribution in [0, 0.1) is 0 Å². The lowest BCUT2D eigenvalue weighted by Crippen LogP contribution is -2.63. The van der Waals surface area contributed by atoms with Crippen LogP contribution in [0.25, 0.3) is 0 Å². The number of carboxylic acids is 1. The van der Waals surface area contributed by atoms with Gasteiger partial charge >= 0.3 is 5.97 Å². The van der Waals surface area contributed by atoms with E-state index in [1.165, 1.54) is 19.1 Å². The zero-order valence-corrected chi connectivity index (χ0v) is 7.69. The van der Waals surface area contributed by atoms with Crippen molar-refractivity contribution >= 4 is 12.4 Å². The molecule has 1 aliphatic rings. The predicted octanol–water partition coefficient (Wildman–Crippen LogP) is -0.293. The average molecular weight is 187 g/mol. The molecule has 1 N–H and O–H groups in total. The molecule has 5 heteroatoms. The molecule has 74 valence electrons. The zero-order valence-electron chi connectivity index (χ0n) is 7.69. The monoisotopic (exact) mass is 187 g/mol. The second-order valence-corrected chi connectivity index (χ2v) is 3.32. The molecule has 0 unspecified atom stereocenters. The first-order chi connectivity index (χ1) is 6.06. The van der Waals surface area contributed by atoms with Gasteiger partial charge in [0, 0.05) is 27.0 Å². The molecular formula is C8H13NO4. The number of ether oxygens (including phenoxy) is 1. The smallest absolute Gasteiger partial charge is 0.329 e. The third kappa shape index (κ3) is 1.39. The lowest BCUT2D eigenvalue weighted by atomic mass is 9.73. The Morgan fingerprint density at radius 1 is 1.69 bits per heavy atom. The van der Waals surface area contributed by atoms with Gasteiger partial charge in [-0.25, -0.2) is 4.79 Å². The summed E-state index contributed by atoms with van der Waals surface area (Å²) in [5.41, 5.74) is -1.04. The van der Waals surface area contributed by atoms with Crippen molar-refractivity contribution in [3.63, 3.8) is 0 Å². The number of hydrogen-bond donors (Lipinski definition) is 1. The van der Waals surface area contributed by atoms with Crippen molar-refractivity contribution in [3.8, 4) is 0 Å². The van der Waals surface area contributed by atoms with Gasteiger partial charge in [-0.3, -0.25) is 4.79 Å². The average Bonchev–Trinajstić information content (AvgIpc) is 2.02. The van der Waals surface area contributed by atoms with Gasteiger partial charge < -0.3 is 14.7 Å². The maximum atomic E-state index is 10.9. The van der Waals surface area contributed by atoms with E-state index < -0.39 is 11.5 Å². The minimum absolute atomic E-state index is 0.0431. The topological polar surface area (TPSA) is 66.8 Å². The van der Waals surface area contributed by atoms with Crippen molar-refractivity contribution < 1.29 is 19.4 Å². The molecule has 1 fully saturated rings. The van der Waals surface area contributed by atoms with Crippen LogP contribution in [0.4, 0.5) is 0 Å². The summed E-state index contributed by atoms with van der Waals surface area (Å²) in [5, 5.41) is 8.94. The third-order valence-electron chi connectivity index (χ3n) is 2.70. The van der Waals surface area contributed by atoms with Crippen molar-refractivity contribution in [2.75, 3.05) is 14.2 Å². The number of aliphatic carboxylic acids is 1. The summed E-state index contributed by atoms with van der Waals surface area (Å²) in [4.78, 5) is 22.6. The van der Waals surface area contributed by atoms with Crippen molar-refractivity contribution in [2.24, 2.45) is 0 Å². The summed E-state index contributed by atoms with van der Waals surface area (Å²) in [6.07, 6.45) is 1.24. The predicted molar refractivity (Wildman–Crippen MR) is 44.2 cm³/mol. The van der Waals surface area contributed by atoms with Crippen molar-refractivity contribution in [1.82, 2.24) is 4.90 Å². The molecular weight excluding hydrogens is 174 g/mol. The Morgan fingerprint density at radius 3 is 2.54 bits per heavy atom. The fourth-order valence-electron chi connectivity index (χ4n) is 1.57. The van der Waals surface area contributed by atoms with Gasteiger partial charge in [0.2, 0.25) is 6.41 Å². The van der Waals surface area contributed by atoms with Gasteiger partial charge in [0.15, 0.2) is 0 Å².